The number of hydrogen-bond acceptors (Lipinski definition) is 4. The van der Waals surface area contributed by atoms with E-state index in [0.717, 1.165) is 12.8 Å². The molecule has 6 heteroatoms. The van der Waals surface area contributed by atoms with Crippen LogP contribution in [0, 0.1) is 5.92 Å². The standard InChI is InChI=1S/C11H15N3O3/c15-4-3-9(5-10(16)17)11-12-7-13-14(11)6-8-1-2-8/h4,7-9H,1-3,5-6H2,(H,16,17). The molecule has 0 amide bonds. The smallest absolute Gasteiger partial charge is 0.304 e. The zero-order chi connectivity index (χ0) is 12.3. The highest BCUT2D eigenvalue weighted by atomic mass is 16.4. The third-order valence-electron chi connectivity index (χ3n) is 2.94. The molecular weight excluding hydrogens is 222 g/mol. The van der Waals surface area contributed by atoms with Gasteiger partial charge in [-0.1, -0.05) is 0 Å². The molecule has 1 unspecified atom stereocenters. The maximum Gasteiger partial charge on any atom is 0.304 e. The summed E-state index contributed by atoms with van der Waals surface area (Å²) in [6, 6.07) is 0. The summed E-state index contributed by atoms with van der Waals surface area (Å²) in [6.07, 6.45) is 4.64. The topological polar surface area (TPSA) is 85.1 Å². The van der Waals surface area contributed by atoms with Crippen LogP contribution in [0.1, 0.15) is 37.4 Å². The monoisotopic (exact) mass is 237 g/mol. The van der Waals surface area contributed by atoms with Gasteiger partial charge < -0.3 is 9.90 Å². The van der Waals surface area contributed by atoms with E-state index < -0.39 is 5.97 Å². The van der Waals surface area contributed by atoms with Gasteiger partial charge in [-0.3, -0.25) is 4.79 Å². The van der Waals surface area contributed by atoms with Crippen molar-refractivity contribution in [2.24, 2.45) is 5.92 Å². The lowest BCUT2D eigenvalue weighted by Crippen LogP contribution is -2.15. The van der Waals surface area contributed by atoms with Crippen molar-refractivity contribution in [2.45, 2.75) is 38.1 Å². The van der Waals surface area contributed by atoms with Crippen molar-refractivity contribution < 1.29 is 14.7 Å². The summed E-state index contributed by atoms with van der Waals surface area (Å²) in [4.78, 5) is 25.4. The molecule has 92 valence electrons. The van der Waals surface area contributed by atoms with E-state index in [-0.39, 0.29) is 18.8 Å². The Kier molecular flexibility index (Phi) is 3.51. The summed E-state index contributed by atoms with van der Waals surface area (Å²) in [5.74, 6) is -0.0346. The summed E-state index contributed by atoms with van der Waals surface area (Å²) < 4.78 is 1.74. The Hall–Kier alpha value is -1.72. The number of aromatic nitrogens is 3. The molecule has 1 aromatic heterocycles. The maximum absolute atomic E-state index is 10.8. The Morgan fingerprint density at radius 3 is 3.00 bits per heavy atom. The van der Waals surface area contributed by atoms with Crippen molar-refractivity contribution in [1.29, 1.82) is 0 Å². The number of aliphatic carboxylic acids is 1. The molecule has 1 aliphatic carbocycles. The first kappa shape index (κ1) is 11.8. The molecule has 1 fully saturated rings. The molecule has 1 atom stereocenters. The van der Waals surface area contributed by atoms with Gasteiger partial charge in [-0.05, 0) is 18.8 Å². The third-order valence-corrected chi connectivity index (χ3v) is 2.94. The van der Waals surface area contributed by atoms with Crippen molar-refractivity contribution in [3.63, 3.8) is 0 Å². The second-order valence-electron chi connectivity index (χ2n) is 4.44. The number of carboxylic acid groups (broad SMARTS) is 1. The molecule has 1 N–H and O–H groups in total. The molecule has 0 radical (unpaired) electrons. The Labute approximate surface area is 98.7 Å². The van der Waals surface area contributed by atoms with Crippen LogP contribution in [-0.4, -0.2) is 32.1 Å². The van der Waals surface area contributed by atoms with Gasteiger partial charge >= 0.3 is 5.97 Å². The molecule has 1 aliphatic rings. The molecule has 0 aliphatic heterocycles. The van der Waals surface area contributed by atoms with Gasteiger partial charge in [0.2, 0.25) is 0 Å². The van der Waals surface area contributed by atoms with Gasteiger partial charge in [0.15, 0.2) is 0 Å². The molecule has 0 bridgehead atoms. The van der Waals surface area contributed by atoms with Crippen LogP contribution in [0.5, 0.6) is 0 Å². The summed E-state index contributed by atoms with van der Waals surface area (Å²) in [5.41, 5.74) is 0. The van der Waals surface area contributed by atoms with E-state index >= 15 is 0 Å². The minimum Gasteiger partial charge on any atom is -0.481 e. The number of rotatable bonds is 7. The first-order valence-corrected chi connectivity index (χ1v) is 5.73. The number of aldehydes is 1. The lowest BCUT2D eigenvalue weighted by Gasteiger charge is -2.12. The first-order chi connectivity index (χ1) is 8.20. The fourth-order valence-electron chi connectivity index (χ4n) is 1.88. The zero-order valence-corrected chi connectivity index (χ0v) is 9.45. The lowest BCUT2D eigenvalue weighted by molar-refractivity contribution is -0.137. The minimum atomic E-state index is -0.919. The Morgan fingerprint density at radius 2 is 2.41 bits per heavy atom. The zero-order valence-electron chi connectivity index (χ0n) is 9.45. The van der Waals surface area contributed by atoms with Crippen LogP contribution in [-0.2, 0) is 16.1 Å². The van der Waals surface area contributed by atoms with Crippen molar-refractivity contribution in [3.8, 4) is 0 Å². The molecule has 1 aromatic rings. The molecular formula is C11H15N3O3. The summed E-state index contributed by atoms with van der Waals surface area (Å²) >= 11 is 0. The number of carboxylic acids is 1. The highest BCUT2D eigenvalue weighted by Gasteiger charge is 2.26. The van der Waals surface area contributed by atoms with Crippen molar-refractivity contribution in [3.05, 3.63) is 12.2 Å². The summed E-state index contributed by atoms with van der Waals surface area (Å²) in [5, 5.41) is 12.9. The van der Waals surface area contributed by atoms with E-state index in [1.165, 1.54) is 19.2 Å². The van der Waals surface area contributed by atoms with Crippen LogP contribution in [0.25, 0.3) is 0 Å². The van der Waals surface area contributed by atoms with Crippen LogP contribution in [0.2, 0.25) is 0 Å². The number of carbonyl (C=O) groups is 2. The van der Waals surface area contributed by atoms with E-state index in [0.29, 0.717) is 11.7 Å². The summed E-state index contributed by atoms with van der Waals surface area (Å²) in [6.45, 7) is 0.782. The third kappa shape index (κ3) is 3.12. The van der Waals surface area contributed by atoms with Crippen LogP contribution in [0.4, 0.5) is 0 Å². The molecule has 0 spiro atoms. The first-order valence-electron chi connectivity index (χ1n) is 5.73. The quantitative estimate of drug-likeness (QED) is 0.710. The molecule has 6 nitrogen and oxygen atoms in total. The van der Waals surface area contributed by atoms with Crippen LogP contribution in [0.15, 0.2) is 6.33 Å². The molecule has 2 rings (SSSR count). The lowest BCUT2D eigenvalue weighted by atomic mass is 10.0. The van der Waals surface area contributed by atoms with E-state index in [2.05, 4.69) is 10.1 Å². The Balaban J connectivity index is 2.12. The van der Waals surface area contributed by atoms with Crippen molar-refractivity contribution >= 4 is 12.3 Å². The Bertz CT molecular complexity index is 412. The van der Waals surface area contributed by atoms with Gasteiger partial charge in [0.1, 0.15) is 18.4 Å². The van der Waals surface area contributed by atoms with Gasteiger partial charge in [0.05, 0.1) is 6.42 Å². The van der Waals surface area contributed by atoms with Gasteiger partial charge in [0.25, 0.3) is 0 Å². The highest BCUT2D eigenvalue weighted by Crippen LogP contribution is 2.31. The van der Waals surface area contributed by atoms with Crippen LogP contribution in [0.3, 0.4) is 0 Å². The molecule has 1 heterocycles. The predicted octanol–water partition coefficient (Wildman–Crippen LogP) is 0.835. The van der Waals surface area contributed by atoms with Gasteiger partial charge in [-0.2, -0.15) is 5.10 Å². The molecule has 1 saturated carbocycles. The van der Waals surface area contributed by atoms with E-state index in [4.69, 9.17) is 5.11 Å². The van der Waals surface area contributed by atoms with E-state index in [1.807, 2.05) is 0 Å². The molecule has 0 saturated heterocycles. The average molecular weight is 237 g/mol. The number of nitrogens with zero attached hydrogens (tertiary/aromatic N) is 3. The SMILES string of the molecule is O=CCC(CC(=O)O)c1ncnn1CC1CC1. The maximum atomic E-state index is 10.8. The van der Waals surface area contributed by atoms with Crippen LogP contribution < -0.4 is 0 Å². The fraction of sp³-hybridized carbons (Fsp3) is 0.636. The fourth-order valence-corrected chi connectivity index (χ4v) is 1.88. The highest BCUT2D eigenvalue weighted by molar-refractivity contribution is 5.68. The van der Waals surface area contributed by atoms with E-state index in [9.17, 15) is 9.59 Å². The largest absolute Gasteiger partial charge is 0.481 e. The normalized spacial score (nSPS) is 16.7. The van der Waals surface area contributed by atoms with Gasteiger partial charge in [-0.25, -0.2) is 9.67 Å². The predicted molar refractivity (Wildman–Crippen MR) is 58.4 cm³/mol. The number of hydrogen-bond donors (Lipinski definition) is 1. The van der Waals surface area contributed by atoms with Crippen LogP contribution >= 0.6 is 0 Å². The summed E-state index contributed by atoms with van der Waals surface area (Å²) in [7, 11) is 0. The molecule has 0 aromatic carbocycles. The number of carbonyl (C=O) groups excluding carboxylic acids is 1. The molecule has 17 heavy (non-hydrogen) atoms. The van der Waals surface area contributed by atoms with Crippen molar-refractivity contribution in [2.75, 3.05) is 0 Å². The van der Waals surface area contributed by atoms with E-state index in [1.54, 1.807) is 4.68 Å². The second kappa shape index (κ2) is 5.07. The van der Waals surface area contributed by atoms with Gasteiger partial charge in [-0.15, -0.1) is 0 Å². The van der Waals surface area contributed by atoms with Crippen molar-refractivity contribution in [1.82, 2.24) is 14.8 Å². The average Bonchev–Trinajstić information content (AvgIpc) is 2.94. The second-order valence-corrected chi connectivity index (χ2v) is 4.44. The minimum absolute atomic E-state index is 0.0813. The van der Waals surface area contributed by atoms with Gasteiger partial charge in [0, 0.05) is 18.9 Å². The Morgan fingerprint density at radius 1 is 1.65 bits per heavy atom.